The van der Waals surface area contributed by atoms with Crippen molar-refractivity contribution in [2.24, 2.45) is 0 Å². The van der Waals surface area contributed by atoms with Gasteiger partial charge in [0.25, 0.3) is 0 Å². The van der Waals surface area contributed by atoms with Crippen LogP contribution < -0.4 is 0 Å². The first-order chi connectivity index (χ1) is 12.1. The van der Waals surface area contributed by atoms with Crippen LogP contribution in [0, 0.1) is 0 Å². The second-order valence-corrected chi connectivity index (χ2v) is 7.20. The van der Waals surface area contributed by atoms with Crippen molar-refractivity contribution in [2.75, 3.05) is 0 Å². The summed E-state index contributed by atoms with van der Waals surface area (Å²) in [5.41, 5.74) is 3.78. The second kappa shape index (κ2) is 8.51. The molecule has 0 radical (unpaired) electrons. The van der Waals surface area contributed by atoms with Crippen molar-refractivity contribution in [1.29, 1.82) is 0 Å². The van der Waals surface area contributed by atoms with Gasteiger partial charge in [-0.1, -0.05) is 53.9 Å². The summed E-state index contributed by atoms with van der Waals surface area (Å²) in [5.74, 6) is 0.157. The van der Waals surface area contributed by atoms with E-state index in [1.807, 2.05) is 60.7 Å². The highest BCUT2D eigenvalue weighted by atomic mass is 35.5. The fraction of sp³-hybridized carbons (Fsp3) is 0.227. The van der Waals surface area contributed by atoms with Gasteiger partial charge in [0.2, 0.25) is 0 Å². The average Bonchev–Trinajstić information content (AvgIpc) is 2.61. The minimum atomic E-state index is 0.157. The molecule has 1 nitrogen and oxygen atoms in total. The lowest BCUT2D eigenvalue weighted by atomic mass is 9.89. The van der Waals surface area contributed by atoms with Crippen molar-refractivity contribution in [3.8, 4) is 0 Å². The number of halogens is 2. The molecule has 2 aromatic carbocycles. The highest BCUT2D eigenvalue weighted by Crippen LogP contribution is 2.27. The van der Waals surface area contributed by atoms with Crippen LogP contribution in [0.2, 0.25) is 10.0 Å². The zero-order valence-corrected chi connectivity index (χ0v) is 15.5. The summed E-state index contributed by atoms with van der Waals surface area (Å²) in [6.45, 7) is 0. The van der Waals surface area contributed by atoms with Crippen LogP contribution in [0.15, 0.2) is 59.7 Å². The van der Waals surface area contributed by atoms with Gasteiger partial charge < -0.3 is 0 Å². The zero-order valence-electron chi connectivity index (χ0n) is 14.0. The number of hydrogen-bond donors (Lipinski definition) is 0. The van der Waals surface area contributed by atoms with Gasteiger partial charge in [0.1, 0.15) is 0 Å². The SMILES string of the molecule is O=C1/C(=C/c2ccc(Cl)cc2)CCCCC/C1=C\c1ccc(Cl)cc1. The van der Waals surface area contributed by atoms with Crippen molar-refractivity contribution in [3.05, 3.63) is 80.8 Å². The smallest absolute Gasteiger partial charge is 0.185 e. The van der Waals surface area contributed by atoms with Gasteiger partial charge in [0.05, 0.1) is 0 Å². The quantitative estimate of drug-likeness (QED) is 0.520. The average molecular weight is 371 g/mol. The molecule has 0 aliphatic heterocycles. The van der Waals surface area contributed by atoms with Gasteiger partial charge in [-0.25, -0.2) is 0 Å². The molecule has 0 spiro atoms. The van der Waals surface area contributed by atoms with E-state index in [0.717, 1.165) is 54.4 Å². The Morgan fingerprint density at radius 2 is 1.04 bits per heavy atom. The van der Waals surface area contributed by atoms with Crippen molar-refractivity contribution in [3.63, 3.8) is 0 Å². The van der Waals surface area contributed by atoms with Crippen LogP contribution in [-0.4, -0.2) is 5.78 Å². The molecule has 2 aromatic rings. The molecule has 1 aliphatic carbocycles. The number of benzene rings is 2. The Hall–Kier alpha value is -1.83. The van der Waals surface area contributed by atoms with Gasteiger partial charge in [-0.05, 0) is 73.2 Å². The summed E-state index contributed by atoms with van der Waals surface area (Å²) in [7, 11) is 0. The summed E-state index contributed by atoms with van der Waals surface area (Å²) >= 11 is 11.9. The third-order valence-corrected chi connectivity index (χ3v) is 4.90. The highest BCUT2D eigenvalue weighted by Gasteiger charge is 2.17. The number of ketones is 1. The highest BCUT2D eigenvalue weighted by molar-refractivity contribution is 6.30. The molecule has 0 aromatic heterocycles. The third-order valence-electron chi connectivity index (χ3n) is 4.40. The van der Waals surface area contributed by atoms with Crippen LogP contribution in [-0.2, 0) is 4.79 Å². The molecule has 0 N–H and O–H groups in total. The van der Waals surface area contributed by atoms with E-state index in [1.54, 1.807) is 0 Å². The molecule has 1 fully saturated rings. The first-order valence-corrected chi connectivity index (χ1v) is 9.34. The Labute approximate surface area is 159 Å². The number of carbonyl (C=O) groups excluding carboxylic acids is 1. The van der Waals surface area contributed by atoms with E-state index in [4.69, 9.17) is 23.2 Å². The molecule has 0 heterocycles. The molecule has 25 heavy (non-hydrogen) atoms. The molecule has 0 bridgehead atoms. The normalized spacial score (nSPS) is 19.0. The standard InChI is InChI=1S/C22H20Cl2O/c23-20-10-6-16(7-11-20)14-18-4-2-1-3-5-19(22(18)25)15-17-8-12-21(24)13-9-17/h6-15H,1-5H2/b18-14+,19-15+. The van der Waals surface area contributed by atoms with Crippen molar-refractivity contribution in [2.45, 2.75) is 32.1 Å². The lowest BCUT2D eigenvalue weighted by molar-refractivity contribution is -0.112. The lowest BCUT2D eigenvalue weighted by Crippen LogP contribution is -2.09. The van der Waals surface area contributed by atoms with Crippen LogP contribution >= 0.6 is 23.2 Å². The molecule has 128 valence electrons. The molecular weight excluding hydrogens is 351 g/mol. The minimum Gasteiger partial charge on any atom is -0.289 e. The Morgan fingerprint density at radius 1 is 0.640 bits per heavy atom. The van der Waals surface area contributed by atoms with Crippen molar-refractivity contribution in [1.82, 2.24) is 0 Å². The van der Waals surface area contributed by atoms with Crippen LogP contribution in [0.4, 0.5) is 0 Å². The van der Waals surface area contributed by atoms with Gasteiger partial charge >= 0.3 is 0 Å². The molecule has 0 unspecified atom stereocenters. The fourth-order valence-corrected chi connectivity index (χ4v) is 3.29. The van der Waals surface area contributed by atoms with E-state index in [9.17, 15) is 4.79 Å². The van der Waals surface area contributed by atoms with E-state index < -0.39 is 0 Å². The first kappa shape index (κ1) is 18.0. The predicted octanol–water partition coefficient (Wildman–Crippen LogP) is 6.99. The maximum absolute atomic E-state index is 13.1. The van der Waals surface area contributed by atoms with E-state index in [-0.39, 0.29) is 5.78 Å². The topological polar surface area (TPSA) is 17.1 Å². The Balaban J connectivity index is 1.91. The molecular formula is C22H20Cl2O. The number of carbonyl (C=O) groups is 1. The first-order valence-electron chi connectivity index (χ1n) is 8.59. The summed E-state index contributed by atoms with van der Waals surface area (Å²) in [5, 5.41) is 1.41. The van der Waals surface area contributed by atoms with Crippen LogP contribution in [0.3, 0.4) is 0 Å². The fourth-order valence-electron chi connectivity index (χ4n) is 3.04. The maximum Gasteiger partial charge on any atom is 0.185 e. The van der Waals surface area contributed by atoms with Crippen LogP contribution in [0.25, 0.3) is 12.2 Å². The van der Waals surface area contributed by atoms with Gasteiger partial charge in [-0.3, -0.25) is 4.79 Å². The van der Waals surface area contributed by atoms with Gasteiger partial charge in [-0.2, -0.15) is 0 Å². The lowest BCUT2D eigenvalue weighted by Gasteiger charge is -2.15. The molecule has 1 aliphatic rings. The Morgan fingerprint density at radius 3 is 1.44 bits per heavy atom. The molecule has 0 saturated heterocycles. The predicted molar refractivity (Wildman–Crippen MR) is 107 cm³/mol. The number of rotatable bonds is 2. The van der Waals surface area contributed by atoms with Crippen LogP contribution in [0.5, 0.6) is 0 Å². The molecule has 0 amide bonds. The zero-order chi connectivity index (χ0) is 17.6. The summed E-state index contributed by atoms with van der Waals surface area (Å²) in [6.07, 6.45) is 8.89. The van der Waals surface area contributed by atoms with Gasteiger partial charge in [0.15, 0.2) is 5.78 Å². The van der Waals surface area contributed by atoms with Gasteiger partial charge in [0, 0.05) is 21.2 Å². The number of allylic oxidation sites excluding steroid dienone is 2. The van der Waals surface area contributed by atoms with Crippen molar-refractivity contribution < 1.29 is 4.79 Å². The number of Topliss-reactive ketones (excluding diaryl/α,β-unsaturated/α-hetero) is 1. The van der Waals surface area contributed by atoms with Crippen LogP contribution in [0.1, 0.15) is 43.2 Å². The molecule has 3 rings (SSSR count). The monoisotopic (exact) mass is 370 g/mol. The van der Waals surface area contributed by atoms with E-state index in [0.29, 0.717) is 10.0 Å². The van der Waals surface area contributed by atoms with E-state index in [2.05, 4.69) is 0 Å². The number of hydrogen-bond acceptors (Lipinski definition) is 1. The van der Waals surface area contributed by atoms with Crippen molar-refractivity contribution >= 4 is 41.1 Å². The van der Waals surface area contributed by atoms with Gasteiger partial charge in [-0.15, -0.1) is 0 Å². The third kappa shape index (κ3) is 5.07. The van der Waals surface area contributed by atoms with E-state index in [1.165, 1.54) is 0 Å². The van der Waals surface area contributed by atoms with E-state index >= 15 is 0 Å². The Kier molecular flexibility index (Phi) is 6.12. The summed E-state index contributed by atoms with van der Waals surface area (Å²) in [6, 6.07) is 15.2. The summed E-state index contributed by atoms with van der Waals surface area (Å²) < 4.78 is 0. The molecule has 0 atom stereocenters. The summed E-state index contributed by atoms with van der Waals surface area (Å²) in [4.78, 5) is 13.1. The second-order valence-electron chi connectivity index (χ2n) is 6.33. The molecule has 1 saturated carbocycles. The minimum absolute atomic E-state index is 0.157. The molecule has 3 heteroatoms. The maximum atomic E-state index is 13.1. The Bertz CT molecular complexity index is 731. The largest absolute Gasteiger partial charge is 0.289 e.